The van der Waals surface area contributed by atoms with E-state index >= 15 is 0 Å². The van der Waals surface area contributed by atoms with E-state index in [2.05, 4.69) is 22.6 Å². The summed E-state index contributed by atoms with van der Waals surface area (Å²) >= 11 is 2.47. The summed E-state index contributed by atoms with van der Waals surface area (Å²) in [4.78, 5) is 11.6. The summed E-state index contributed by atoms with van der Waals surface area (Å²) in [5.74, 6) is 1.01. The Morgan fingerprint density at radius 3 is 2.92 bits per heavy atom. The van der Waals surface area contributed by atoms with Crippen LogP contribution in [0.3, 0.4) is 0 Å². The van der Waals surface area contributed by atoms with Crippen LogP contribution in [0, 0.1) is 11.3 Å². The number of carbonyl (C=O) groups is 1. The molecule has 0 bridgehead atoms. The van der Waals surface area contributed by atoms with Gasteiger partial charge in [0, 0.05) is 16.8 Å². The van der Waals surface area contributed by atoms with Gasteiger partial charge in [0.2, 0.25) is 0 Å². The molecule has 0 aromatic carbocycles. The smallest absolute Gasteiger partial charge is 0.136 e. The zero-order valence-corrected chi connectivity index (χ0v) is 9.47. The summed E-state index contributed by atoms with van der Waals surface area (Å²) in [6.45, 7) is 0. The molecule has 12 heavy (non-hydrogen) atoms. The fourth-order valence-corrected chi connectivity index (χ4v) is 4.18. The van der Waals surface area contributed by atoms with Gasteiger partial charge in [0.05, 0.1) is 0 Å². The first-order chi connectivity index (χ1) is 5.78. The third kappa shape index (κ3) is 1.22. The van der Waals surface area contributed by atoms with Crippen molar-refractivity contribution in [1.82, 2.24) is 0 Å². The van der Waals surface area contributed by atoms with Crippen molar-refractivity contribution >= 4 is 28.4 Å². The predicted molar refractivity (Wildman–Crippen MR) is 57.5 cm³/mol. The van der Waals surface area contributed by atoms with Gasteiger partial charge >= 0.3 is 0 Å². The average Bonchev–Trinajstić information content (AvgIpc) is 2.46. The molecule has 1 nitrogen and oxygen atoms in total. The van der Waals surface area contributed by atoms with Crippen LogP contribution in [0.1, 0.15) is 38.5 Å². The van der Waals surface area contributed by atoms with Crippen molar-refractivity contribution in [3.63, 3.8) is 0 Å². The molecule has 2 aliphatic rings. The first-order valence-electron chi connectivity index (χ1n) is 4.87. The maximum Gasteiger partial charge on any atom is 0.136 e. The molecule has 68 valence electrons. The van der Waals surface area contributed by atoms with Crippen LogP contribution in [0.15, 0.2) is 0 Å². The van der Waals surface area contributed by atoms with Crippen molar-refractivity contribution < 1.29 is 4.79 Å². The Labute approximate surface area is 87.4 Å². The van der Waals surface area contributed by atoms with Crippen molar-refractivity contribution in [2.24, 2.45) is 11.3 Å². The van der Waals surface area contributed by atoms with Crippen LogP contribution >= 0.6 is 22.6 Å². The zero-order chi connectivity index (χ0) is 8.60. The number of hydrogen-bond acceptors (Lipinski definition) is 1. The topological polar surface area (TPSA) is 17.1 Å². The molecule has 2 fully saturated rings. The summed E-state index contributed by atoms with van der Waals surface area (Å²) in [5, 5.41) is 0. The third-order valence-electron chi connectivity index (χ3n) is 3.68. The number of halogens is 1. The lowest BCUT2D eigenvalue weighted by molar-refractivity contribution is -0.123. The van der Waals surface area contributed by atoms with Crippen molar-refractivity contribution in [3.05, 3.63) is 0 Å². The Morgan fingerprint density at radius 1 is 1.42 bits per heavy atom. The molecule has 2 saturated carbocycles. The van der Waals surface area contributed by atoms with Crippen LogP contribution in [-0.4, -0.2) is 10.2 Å². The van der Waals surface area contributed by atoms with Gasteiger partial charge in [0.1, 0.15) is 5.78 Å². The SMILES string of the molecule is O=C1CCC2(CI)CCCCC12. The second-order valence-electron chi connectivity index (χ2n) is 4.26. The van der Waals surface area contributed by atoms with Crippen molar-refractivity contribution in [1.29, 1.82) is 0 Å². The molecule has 2 unspecified atom stereocenters. The lowest BCUT2D eigenvalue weighted by atomic mass is 9.69. The van der Waals surface area contributed by atoms with E-state index in [4.69, 9.17) is 0 Å². The Hall–Kier alpha value is 0.400. The molecule has 0 aliphatic heterocycles. The van der Waals surface area contributed by atoms with Gasteiger partial charge in [-0.1, -0.05) is 35.4 Å². The van der Waals surface area contributed by atoms with E-state index in [-0.39, 0.29) is 0 Å². The van der Waals surface area contributed by atoms with Gasteiger partial charge in [-0.05, 0) is 24.7 Å². The molecular formula is C10H15IO. The lowest BCUT2D eigenvalue weighted by Crippen LogP contribution is -2.33. The van der Waals surface area contributed by atoms with Gasteiger partial charge < -0.3 is 0 Å². The first kappa shape index (κ1) is 8.97. The van der Waals surface area contributed by atoms with E-state index in [0.29, 0.717) is 17.1 Å². The van der Waals surface area contributed by atoms with Crippen molar-refractivity contribution in [2.75, 3.05) is 4.43 Å². The number of hydrogen-bond donors (Lipinski definition) is 0. The minimum atomic E-state index is 0.440. The predicted octanol–water partition coefficient (Wildman–Crippen LogP) is 2.96. The standard InChI is InChI=1S/C10H15IO/c11-7-10-5-2-1-3-8(10)9(12)4-6-10/h8H,1-7H2. The van der Waals surface area contributed by atoms with Crippen molar-refractivity contribution in [2.45, 2.75) is 38.5 Å². The van der Waals surface area contributed by atoms with Gasteiger partial charge in [-0.15, -0.1) is 0 Å². The zero-order valence-electron chi connectivity index (χ0n) is 7.31. The normalized spacial score (nSPS) is 41.4. The lowest BCUT2D eigenvalue weighted by Gasteiger charge is -2.36. The Balaban J connectivity index is 2.22. The van der Waals surface area contributed by atoms with Crippen LogP contribution in [0.4, 0.5) is 0 Å². The summed E-state index contributed by atoms with van der Waals surface area (Å²) in [6, 6.07) is 0. The highest BCUT2D eigenvalue weighted by Crippen LogP contribution is 2.51. The minimum absolute atomic E-state index is 0.440. The molecule has 0 spiro atoms. The fraction of sp³-hybridized carbons (Fsp3) is 0.900. The number of alkyl halides is 1. The monoisotopic (exact) mass is 278 g/mol. The first-order valence-corrected chi connectivity index (χ1v) is 6.40. The number of ketones is 1. The molecule has 0 saturated heterocycles. The molecule has 0 N–H and O–H groups in total. The van der Waals surface area contributed by atoms with Gasteiger partial charge in [-0.25, -0.2) is 0 Å². The minimum Gasteiger partial charge on any atom is -0.299 e. The number of Topliss-reactive ketones (excluding diaryl/α,β-unsaturated/α-hetero) is 1. The number of rotatable bonds is 1. The quantitative estimate of drug-likeness (QED) is 0.532. The van der Waals surface area contributed by atoms with E-state index < -0.39 is 0 Å². The largest absolute Gasteiger partial charge is 0.299 e. The van der Waals surface area contributed by atoms with Gasteiger partial charge in [0.15, 0.2) is 0 Å². The van der Waals surface area contributed by atoms with E-state index in [0.717, 1.165) is 6.42 Å². The molecule has 0 heterocycles. The van der Waals surface area contributed by atoms with E-state index in [1.807, 2.05) is 0 Å². The summed E-state index contributed by atoms with van der Waals surface area (Å²) in [7, 11) is 0. The van der Waals surface area contributed by atoms with Crippen LogP contribution in [0.5, 0.6) is 0 Å². The van der Waals surface area contributed by atoms with Crippen molar-refractivity contribution in [3.8, 4) is 0 Å². The Morgan fingerprint density at radius 2 is 2.25 bits per heavy atom. The van der Waals surface area contributed by atoms with Crippen LogP contribution in [-0.2, 0) is 4.79 Å². The highest BCUT2D eigenvalue weighted by molar-refractivity contribution is 14.1. The highest BCUT2D eigenvalue weighted by Gasteiger charge is 2.47. The van der Waals surface area contributed by atoms with E-state index in [9.17, 15) is 4.79 Å². The maximum atomic E-state index is 11.6. The summed E-state index contributed by atoms with van der Waals surface area (Å²) in [6.07, 6.45) is 7.18. The van der Waals surface area contributed by atoms with Gasteiger partial charge in [-0.2, -0.15) is 0 Å². The second kappa shape index (κ2) is 3.28. The molecule has 0 radical (unpaired) electrons. The molecule has 2 atom stereocenters. The van der Waals surface area contributed by atoms with E-state index in [1.54, 1.807) is 0 Å². The number of fused-ring (bicyclic) bond motifs is 1. The fourth-order valence-electron chi connectivity index (χ4n) is 2.88. The Kier molecular flexibility index (Phi) is 2.45. The average molecular weight is 278 g/mol. The van der Waals surface area contributed by atoms with Gasteiger partial charge in [0.25, 0.3) is 0 Å². The molecule has 2 heteroatoms. The molecule has 0 aromatic rings. The molecule has 0 amide bonds. The van der Waals surface area contributed by atoms with Crippen LogP contribution in [0.25, 0.3) is 0 Å². The molecule has 2 aliphatic carbocycles. The molecule has 0 aromatic heterocycles. The second-order valence-corrected chi connectivity index (χ2v) is 5.02. The summed E-state index contributed by atoms with van der Waals surface area (Å²) < 4.78 is 1.20. The molecular weight excluding hydrogens is 263 g/mol. The van der Waals surface area contributed by atoms with Crippen LogP contribution < -0.4 is 0 Å². The molecule has 2 rings (SSSR count). The number of carbonyl (C=O) groups excluding carboxylic acids is 1. The van der Waals surface area contributed by atoms with E-state index in [1.165, 1.54) is 36.5 Å². The maximum absolute atomic E-state index is 11.6. The van der Waals surface area contributed by atoms with Crippen LogP contribution in [0.2, 0.25) is 0 Å². The Bertz CT molecular complexity index is 202. The van der Waals surface area contributed by atoms with Gasteiger partial charge in [-0.3, -0.25) is 4.79 Å². The summed E-state index contributed by atoms with van der Waals surface area (Å²) in [5.41, 5.74) is 0.440. The third-order valence-corrected chi connectivity index (χ3v) is 5.20. The highest BCUT2D eigenvalue weighted by atomic mass is 127.